The van der Waals surface area contributed by atoms with Gasteiger partial charge in [-0.15, -0.1) is 0 Å². The molecule has 0 spiro atoms. The van der Waals surface area contributed by atoms with Crippen molar-refractivity contribution in [1.29, 1.82) is 0 Å². The zero-order valence-electron chi connectivity index (χ0n) is 14.6. The van der Waals surface area contributed by atoms with Crippen LogP contribution in [-0.2, 0) is 4.74 Å². The number of nitrogens with one attached hydrogen (secondary N) is 2. The first-order valence-electron chi connectivity index (χ1n) is 8.76. The molecule has 0 saturated carbocycles. The van der Waals surface area contributed by atoms with Crippen LogP contribution < -0.4 is 10.6 Å². The first-order valence-corrected chi connectivity index (χ1v) is 8.76. The van der Waals surface area contributed by atoms with Crippen LogP contribution in [0.5, 0.6) is 0 Å². The summed E-state index contributed by atoms with van der Waals surface area (Å²) in [6.45, 7) is 8.15. The number of halogens is 1. The molecule has 1 aromatic rings. The number of urea groups is 1. The number of amides is 2. The van der Waals surface area contributed by atoms with Crippen molar-refractivity contribution in [3.05, 3.63) is 30.1 Å². The van der Waals surface area contributed by atoms with E-state index in [0.29, 0.717) is 12.5 Å². The lowest BCUT2D eigenvalue weighted by molar-refractivity contribution is 0.00247. The summed E-state index contributed by atoms with van der Waals surface area (Å²) in [6.07, 6.45) is 2.13. The van der Waals surface area contributed by atoms with Gasteiger partial charge in [0.05, 0.1) is 18.9 Å². The van der Waals surface area contributed by atoms with Crippen molar-refractivity contribution in [3.63, 3.8) is 0 Å². The van der Waals surface area contributed by atoms with Crippen molar-refractivity contribution in [1.82, 2.24) is 10.2 Å². The van der Waals surface area contributed by atoms with Gasteiger partial charge in [0, 0.05) is 25.7 Å². The van der Waals surface area contributed by atoms with E-state index in [2.05, 4.69) is 29.4 Å². The second-order valence-electron chi connectivity index (χ2n) is 6.11. The summed E-state index contributed by atoms with van der Waals surface area (Å²) in [4.78, 5) is 14.5. The second kappa shape index (κ2) is 9.59. The van der Waals surface area contributed by atoms with Gasteiger partial charge in [-0.25, -0.2) is 9.18 Å². The van der Waals surface area contributed by atoms with Gasteiger partial charge in [0.2, 0.25) is 0 Å². The van der Waals surface area contributed by atoms with Crippen molar-refractivity contribution in [2.45, 2.75) is 32.7 Å². The minimum atomic E-state index is -0.433. The minimum Gasteiger partial charge on any atom is -0.379 e. The van der Waals surface area contributed by atoms with Crippen LogP contribution in [0.4, 0.5) is 14.9 Å². The Balaban J connectivity index is 1.93. The zero-order valence-corrected chi connectivity index (χ0v) is 14.6. The molecule has 2 rings (SSSR count). The fourth-order valence-corrected chi connectivity index (χ4v) is 3.26. The number of anilines is 1. The van der Waals surface area contributed by atoms with E-state index in [4.69, 9.17) is 4.74 Å². The third-order valence-electron chi connectivity index (χ3n) is 4.70. The van der Waals surface area contributed by atoms with Crippen molar-refractivity contribution >= 4 is 11.7 Å². The Morgan fingerprint density at radius 2 is 1.92 bits per heavy atom. The number of hydrogen-bond donors (Lipinski definition) is 2. The van der Waals surface area contributed by atoms with Gasteiger partial charge in [-0.1, -0.05) is 38.8 Å². The van der Waals surface area contributed by atoms with Crippen LogP contribution in [0.2, 0.25) is 0 Å². The van der Waals surface area contributed by atoms with Gasteiger partial charge in [-0.2, -0.15) is 0 Å². The Bertz CT molecular complexity index is 517. The highest BCUT2D eigenvalue weighted by atomic mass is 19.1. The van der Waals surface area contributed by atoms with Crippen LogP contribution in [0.15, 0.2) is 24.3 Å². The maximum atomic E-state index is 13.6. The van der Waals surface area contributed by atoms with Crippen molar-refractivity contribution in [3.8, 4) is 0 Å². The molecule has 1 aliphatic rings. The molecule has 2 amide bonds. The highest BCUT2D eigenvalue weighted by molar-refractivity contribution is 5.89. The standard InChI is InChI=1S/C18H28FN3O2/c1-3-14(4-2)17(22-9-11-24-12-10-22)13-20-18(23)21-16-8-6-5-7-15(16)19/h5-8,14,17H,3-4,9-13H2,1-2H3,(H2,20,21,23)/t17-/m1/s1. The van der Waals surface area contributed by atoms with Crippen LogP contribution in [0.3, 0.4) is 0 Å². The molecule has 1 aromatic carbocycles. The largest absolute Gasteiger partial charge is 0.379 e. The number of hydrogen-bond acceptors (Lipinski definition) is 3. The van der Waals surface area contributed by atoms with E-state index < -0.39 is 5.82 Å². The van der Waals surface area contributed by atoms with Crippen LogP contribution in [-0.4, -0.2) is 49.8 Å². The maximum Gasteiger partial charge on any atom is 0.319 e. The van der Waals surface area contributed by atoms with Crippen LogP contribution in [0.1, 0.15) is 26.7 Å². The van der Waals surface area contributed by atoms with Gasteiger partial charge in [0.25, 0.3) is 0 Å². The lowest BCUT2D eigenvalue weighted by Crippen LogP contribution is -2.52. The molecule has 5 nitrogen and oxygen atoms in total. The molecule has 0 aliphatic carbocycles. The quantitative estimate of drug-likeness (QED) is 0.804. The SMILES string of the molecule is CCC(CC)[C@@H](CNC(=O)Nc1ccccc1F)N1CCOCC1. The number of benzene rings is 1. The molecule has 1 aliphatic heterocycles. The Hall–Kier alpha value is -1.66. The zero-order chi connectivity index (χ0) is 17.4. The number of carbonyl (C=O) groups excluding carboxylic acids is 1. The Kier molecular flexibility index (Phi) is 7.46. The molecule has 24 heavy (non-hydrogen) atoms. The fraction of sp³-hybridized carbons (Fsp3) is 0.611. The Labute approximate surface area is 143 Å². The Morgan fingerprint density at radius 3 is 2.54 bits per heavy atom. The molecule has 0 aromatic heterocycles. The van der Waals surface area contributed by atoms with E-state index in [0.717, 1.165) is 39.1 Å². The third-order valence-corrected chi connectivity index (χ3v) is 4.70. The van der Waals surface area contributed by atoms with E-state index >= 15 is 0 Å². The average Bonchev–Trinajstić information content (AvgIpc) is 2.61. The molecule has 0 unspecified atom stereocenters. The number of nitrogens with zero attached hydrogens (tertiary/aromatic N) is 1. The summed E-state index contributed by atoms with van der Waals surface area (Å²) in [5.41, 5.74) is 0.195. The molecule has 1 heterocycles. The van der Waals surface area contributed by atoms with E-state index in [1.54, 1.807) is 18.2 Å². The smallest absolute Gasteiger partial charge is 0.319 e. The summed E-state index contributed by atoms with van der Waals surface area (Å²) < 4.78 is 19.0. The Morgan fingerprint density at radius 1 is 1.25 bits per heavy atom. The predicted octanol–water partition coefficient (Wildman–Crippen LogP) is 3.08. The van der Waals surface area contributed by atoms with Crippen molar-refractivity contribution in [2.75, 3.05) is 38.2 Å². The first-order chi connectivity index (χ1) is 11.7. The summed E-state index contributed by atoms with van der Waals surface area (Å²) >= 11 is 0. The van der Waals surface area contributed by atoms with Gasteiger partial charge in [-0.3, -0.25) is 4.90 Å². The summed E-state index contributed by atoms with van der Waals surface area (Å²) in [7, 11) is 0. The highest BCUT2D eigenvalue weighted by Crippen LogP contribution is 2.19. The minimum absolute atomic E-state index is 0.195. The number of morpholine rings is 1. The second-order valence-corrected chi connectivity index (χ2v) is 6.11. The molecular weight excluding hydrogens is 309 g/mol. The maximum absolute atomic E-state index is 13.6. The normalized spacial score (nSPS) is 16.8. The molecule has 134 valence electrons. The highest BCUT2D eigenvalue weighted by Gasteiger charge is 2.27. The predicted molar refractivity (Wildman–Crippen MR) is 93.7 cm³/mol. The summed E-state index contributed by atoms with van der Waals surface area (Å²) in [5, 5.41) is 5.48. The van der Waals surface area contributed by atoms with E-state index in [9.17, 15) is 9.18 Å². The summed E-state index contributed by atoms with van der Waals surface area (Å²) in [6, 6.07) is 6.07. The molecule has 1 saturated heterocycles. The molecule has 1 fully saturated rings. The van der Waals surface area contributed by atoms with Gasteiger partial charge in [-0.05, 0) is 18.1 Å². The molecule has 6 heteroatoms. The van der Waals surface area contributed by atoms with Crippen molar-refractivity contribution < 1.29 is 13.9 Å². The van der Waals surface area contributed by atoms with E-state index in [-0.39, 0.29) is 17.8 Å². The van der Waals surface area contributed by atoms with E-state index in [1.807, 2.05) is 0 Å². The van der Waals surface area contributed by atoms with Gasteiger partial charge in [0.1, 0.15) is 5.82 Å². The molecule has 0 bridgehead atoms. The lowest BCUT2D eigenvalue weighted by Gasteiger charge is -2.38. The summed E-state index contributed by atoms with van der Waals surface area (Å²) in [5.74, 6) is 0.0780. The number of carbonyl (C=O) groups is 1. The third kappa shape index (κ3) is 5.18. The topological polar surface area (TPSA) is 53.6 Å². The van der Waals surface area contributed by atoms with Crippen LogP contribution in [0.25, 0.3) is 0 Å². The van der Waals surface area contributed by atoms with Crippen molar-refractivity contribution in [2.24, 2.45) is 5.92 Å². The molecule has 2 N–H and O–H groups in total. The van der Waals surface area contributed by atoms with Gasteiger partial charge < -0.3 is 15.4 Å². The molecule has 0 radical (unpaired) electrons. The first kappa shape index (κ1) is 18.7. The van der Waals surface area contributed by atoms with Crippen LogP contribution >= 0.6 is 0 Å². The monoisotopic (exact) mass is 337 g/mol. The number of ether oxygens (including phenoxy) is 1. The molecular formula is C18H28FN3O2. The van der Waals surface area contributed by atoms with Crippen LogP contribution in [0, 0.1) is 11.7 Å². The van der Waals surface area contributed by atoms with Gasteiger partial charge in [0.15, 0.2) is 0 Å². The average molecular weight is 337 g/mol. The number of para-hydroxylation sites is 1. The van der Waals surface area contributed by atoms with E-state index in [1.165, 1.54) is 6.07 Å². The fourth-order valence-electron chi connectivity index (χ4n) is 3.26. The lowest BCUT2D eigenvalue weighted by atomic mass is 9.92. The van der Waals surface area contributed by atoms with Gasteiger partial charge >= 0.3 is 6.03 Å². The number of rotatable bonds is 7. The molecule has 1 atom stereocenters.